The van der Waals surface area contributed by atoms with Gasteiger partial charge in [0.05, 0.1) is 15.7 Å². The van der Waals surface area contributed by atoms with Crippen molar-refractivity contribution in [2.45, 2.75) is 13.0 Å². The molecule has 1 atom stereocenters. The summed E-state index contributed by atoms with van der Waals surface area (Å²) in [5, 5.41) is 4.38. The topological polar surface area (TPSA) is 41.3 Å². The van der Waals surface area contributed by atoms with Gasteiger partial charge in [0.25, 0.3) is 0 Å². The molecule has 1 aromatic rings. The predicted molar refractivity (Wildman–Crippen MR) is 72.5 cm³/mol. The molecule has 0 bridgehead atoms. The number of hydrogen-bond donors (Lipinski definition) is 2. The second-order valence-electron chi connectivity index (χ2n) is 4.17. The number of likely N-dealkylation sites (N-methyl/N-ethyl adjacent to an activating group) is 1. The molecular formula is C11H17Cl2N3. The second-order valence-corrected chi connectivity index (χ2v) is 4.98. The highest BCUT2D eigenvalue weighted by molar-refractivity contribution is 6.39. The molecule has 0 fully saturated rings. The highest BCUT2D eigenvalue weighted by Gasteiger charge is 2.10. The summed E-state index contributed by atoms with van der Waals surface area (Å²) in [4.78, 5) is 2.09. The fraction of sp³-hybridized carbons (Fsp3) is 0.455. The van der Waals surface area contributed by atoms with Gasteiger partial charge in [-0.1, -0.05) is 23.2 Å². The molecule has 5 heteroatoms. The summed E-state index contributed by atoms with van der Waals surface area (Å²) in [6.07, 6.45) is 0. The van der Waals surface area contributed by atoms with Crippen molar-refractivity contribution >= 4 is 34.6 Å². The Kier molecular flexibility index (Phi) is 4.71. The van der Waals surface area contributed by atoms with Crippen LogP contribution in [0.15, 0.2) is 12.1 Å². The van der Waals surface area contributed by atoms with Crippen LogP contribution in [0.5, 0.6) is 0 Å². The summed E-state index contributed by atoms with van der Waals surface area (Å²) in [5.74, 6) is 0. The average molecular weight is 262 g/mol. The SMILES string of the molecule is CC(CN(C)C)Nc1c(Cl)cc(N)cc1Cl. The lowest BCUT2D eigenvalue weighted by atomic mass is 10.2. The van der Waals surface area contributed by atoms with Crippen molar-refractivity contribution in [2.75, 3.05) is 31.7 Å². The smallest absolute Gasteiger partial charge is 0.0723 e. The molecule has 90 valence electrons. The number of benzene rings is 1. The summed E-state index contributed by atoms with van der Waals surface area (Å²) >= 11 is 12.1. The molecule has 0 aliphatic carbocycles. The van der Waals surface area contributed by atoms with Crippen LogP contribution in [0.4, 0.5) is 11.4 Å². The van der Waals surface area contributed by atoms with Gasteiger partial charge in [0.2, 0.25) is 0 Å². The largest absolute Gasteiger partial charge is 0.399 e. The zero-order chi connectivity index (χ0) is 12.3. The number of nitrogens with zero attached hydrogens (tertiary/aromatic N) is 1. The van der Waals surface area contributed by atoms with Crippen molar-refractivity contribution in [3.05, 3.63) is 22.2 Å². The van der Waals surface area contributed by atoms with Crippen molar-refractivity contribution in [3.63, 3.8) is 0 Å². The number of hydrogen-bond acceptors (Lipinski definition) is 3. The Balaban J connectivity index is 2.81. The molecule has 0 aliphatic heterocycles. The number of halogens is 2. The van der Waals surface area contributed by atoms with Gasteiger partial charge >= 0.3 is 0 Å². The van der Waals surface area contributed by atoms with E-state index < -0.39 is 0 Å². The molecule has 16 heavy (non-hydrogen) atoms. The molecule has 0 aliphatic rings. The quantitative estimate of drug-likeness (QED) is 0.820. The highest BCUT2D eigenvalue weighted by atomic mass is 35.5. The Labute approximate surface area is 107 Å². The molecule has 1 rings (SSSR count). The Hall–Kier alpha value is -0.640. The Bertz CT molecular complexity index is 343. The Morgan fingerprint density at radius 1 is 1.31 bits per heavy atom. The summed E-state index contributed by atoms with van der Waals surface area (Å²) in [6.45, 7) is 2.97. The van der Waals surface area contributed by atoms with E-state index in [0.29, 0.717) is 15.7 Å². The predicted octanol–water partition coefficient (Wildman–Crippen LogP) is 2.94. The van der Waals surface area contributed by atoms with Crippen LogP contribution in [-0.2, 0) is 0 Å². The number of nitrogens with one attached hydrogen (secondary N) is 1. The zero-order valence-electron chi connectivity index (χ0n) is 9.72. The van der Waals surface area contributed by atoms with E-state index in [4.69, 9.17) is 28.9 Å². The second kappa shape index (κ2) is 5.62. The van der Waals surface area contributed by atoms with Gasteiger partial charge in [0.1, 0.15) is 0 Å². The lowest BCUT2D eigenvalue weighted by molar-refractivity contribution is 0.392. The lowest BCUT2D eigenvalue weighted by Crippen LogP contribution is -2.29. The molecular weight excluding hydrogens is 245 g/mol. The van der Waals surface area contributed by atoms with Crippen LogP contribution < -0.4 is 11.1 Å². The molecule has 3 nitrogen and oxygen atoms in total. The first kappa shape index (κ1) is 13.4. The number of anilines is 2. The molecule has 0 saturated carbocycles. The fourth-order valence-corrected chi connectivity index (χ4v) is 2.18. The maximum atomic E-state index is 6.07. The van der Waals surface area contributed by atoms with E-state index in [9.17, 15) is 0 Å². The van der Waals surface area contributed by atoms with Gasteiger partial charge in [-0.2, -0.15) is 0 Å². The molecule has 0 amide bonds. The minimum atomic E-state index is 0.258. The van der Waals surface area contributed by atoms with Crippen LogP contribution in [0.2, 0.25) is 10.0 Å². The molecule has 0 aromatic heterocycles. The molecule has 0 spiro atoms. The van der Waals surface area contributed by atoms with Gasteiger partial charge in [-0.3, -0.25) is 0 Å². The van der Waals surface area contributed by atoms with Crippen LogP contribution >= 0.6 is 23.2 Å². The average Bonchev–Trinajstić information content (AvgIpc) is 2.09. The zero-order valence-corrected chi connectivity index (χ0v) is 11.2. The molecule has 1 unspecified atom stereocenters. The molecule has 1 aromatic carbocycles. The van der Waals surface area contributed by atoms with E-state index in [1.165, 1.54) is 0 Å². The standard InChI is InChI=1S/C11H17Cl2N3/c1-7(6-16(2)3)15-11-9(12)4-8(14)5-10(11)13/h4-5,7,15H,6,14H2,1-3H3. The summed E-state index contributed by atoms with van der Waals surface area (Å²) in [5.41, 5.74) is 6.95. The van der Waals surface area contributed by atoms with Crippen LogP contribution in [0.1, 0.15) is 6.92 Å². The number of nitrogens with two attached hydrogens (primary N) is 1. The molecule has 3 N–H and O–H groups in total. The Morgan fingerprint density at radius 3 is 2.25 bits per heavy atom. The van der Waals surface area contributed by atoms with Gasteiger partial charge in [0.15, 0.2) is 0 Å². The fourth-order valence-electron chi connectivity index (χ4n) is 1.57. The minimum absolute atomic E-state index is 0.258. The normalized spacial score (nSPS) is 12.9. The molecule has 0 saturated heterocycles. The first-order chi connectivity index (χ1) is 7.40. The molecule has 0 radical (unpaired) electrons. The van der Waals surface area contributed by atoms with Crippen molar-refractivity contribution in [2.24, 2.45) is 0 Å². The van der Waals surface area contributed by atoms with E-state index in [1.54, 1.807) is 12.1 Å². The van der Waals surface area contributed by atoms with Crippen molar-refractivity contribution in [1.29, 1.82) is 0 Å². The van der Waals surface area contributed by atoms with Crippen molar-refractivity contribution < 1.29 is 0 Å². The first-order valence-corrected chi connectivity index (χ1v) is 5.81. The monoisotopic (exact) mass is 261 g/mol. The van der Waals surface area contributed by atoms with Crippen molar-refractivity contribution in [3.8, 4) is 0 Å². The van der Waals surface area contributed by atoms with Crippen molar-refractivity contribution in [1.82, 2.24) is 4.90 Å². The third-order valence-corrected chi connectivity index (χ3v) is 2.69. The maximum Gasteiger partial charge on any atom is 0.0723 e. The van der Waals surface area contributed by atoms with E-state index in [0.717, 1.165) is 12.2 Å². The number of nitrogen functional groups attached to an aromatic ring is 1. The maximum absolute atomic E-state index is 6.07. The van der Waals surface area contributed by atoms with E-state index in [1.807, 2.05) is 14.1 Å². The van der Waals surface area contributed by atoms with Crippen LogP contribution in [0, 0.1) is 0 Å². The van der Waals surface area contributed by atoms with E-state index in [-0.39, 0.29) is 6.04 Å². The third-order valence-electron chi connectivity index (χ3n) is 2.09. The van der Waals surface area contributed by atoms with Crippen LogP contribution in [0.3, 0.4) is 0 Å². The van der Waals surface area contributed by atoms with Crippen LogP contribution in [-0.4, -0.2) is 31.6 Å². The minimum Gasteiger partial charge on any atom is -0.399 e. The van der Waals surface area contributed by atoms with Gasteiger partial charge in [-0.05, 0) is 33.2 Å². The van der Waals surface area contributed by atoms with E-state index in [2.05, 4.69) is 17.1 Å². The van der Waals surface area contributed by atoms with Gasteiger partial charge < -0.3 is 16.0 Å². The number of rotatable bonds is 4. The summed E-state index contributed by atoms with van der Waals surface area (Å²) in [7, 11) is 4.04. The Morgan fingerprint density at radius 2 is 1.81 bits per heavy atom. The van der Waals surface area contributed by atoms with Gasteiger partial charge in [0, 0.05) is 18.3 Å². The van der Waals surface area contributed by atoms with E-state index >= 15 is 0 Å². The first-order valence-electron chi connectivity index (χ1n) is 5.06. The summed E-state index contributed by atoms with van der Waals surface area (Å²) in [6, 6.07) is 3.64. The third kappa shape index (κ3) is 3.74. The van der Waals surface area contributed by atoms with Gasteiger partial charge in [-0.25, -0.2) is 0 Å². The lowest BCUT2D eigenvalue weighted by Gasteiger charge is -2.21. The molecule has 0 heterocycles. The highest BCUT2D eigenvalue weighted by Crippen LogP contribution is 2.33. The van der Waals surface area contributed by atoms with Crippen LogP contribution in [0.25, 0.3) is 0 Å². The summed E-state index contributed by atoms with van der Waals surface area (Å²) < 4.78 is 0. The van der Waals surface area contributed by atoms with Gasteiger partial charge in [-0.15, -0.1) is 0 Å².